The van der Waals surface area contributed by atoms with E-state index >= 15 is 0 Å². The van der Waals surface area contributed by atoms with E-state index in [1.54, 1.807) is 0 Å². The molecule has 0 aliphatic carbocycles. The number of aliphatic carboxylic acids is 2. The standard InChI is InChI=1S/C12H16N2O6/c15-9-3-7(11(17)18)5-13(9)1-2-14-6-8(12(19)20)4-10(14)16/h7-8H,1-6H2,(H,17,18)(H,19,20)/t7-,8-/m0/s1. The van der Waals surface area contributed by atoms with Crippen LogP contribution in [0.2, 0.25) is 0 Å². The lowest BCUT2D eigenvalue weighted by atomic mass is 10.1. The van der Waals surface area contributed by atoms with Crippen molar-refractivity contribution in [3.63, 3.8) is 0 Å². The van der Waals surface area contributed by atoms with Crippen molar-refractivity contribution in [3.8, 4) is 0 Å². The first kappa shape index (κ1) is 14.3. The maximum absolute atomic E-state index is 11.6. The third kappa shape index (κ3) is 2.89. The number of hydrogen-bond donors (Lipinski definition) is 2. The number of amides is 2. The Labute approximate surface area is 114 Å². The Bertz CT molecular complexity index is 421. The van der Waals surface area contributed by atoms with Gasteiger partial charge in [-0.3, -0.25) is 19.2 Å². The Hall–Kier alpha value is -2.12. The number of nitrogens with zero attached hydrogens (tertiary/aromatic N) is 2. The molecule has 2 fully saturated rings. The van der Waals surface area contributed by atoms with E-state index in [0.717, 1.165) is 0 Å². The predicted octanol–water partition coefficient (Wildman–Crippen LogP) is -1.15. The molecule has 0 spiro atoms. The van der Waals surface area contributed by atoms with Crippen molar-refractivity contribution in [1.29, 1.82) is 0 Å². The van der Waals surface area contributed by atoms with Gasteiger partial charge in [-0.15, -0.1) is 0 Å². The molecule has 20 heavy (non-hydrogen) atoms. The van der Waals surface area contributed by atoms with Gasteiger partial charge >= 0.3 is 11.9 Å². The summed E-state index contributed by atoms with van der Waals surface area (Å²) in [6.45, 7) is 0.804. The number of hydrogen-bond acceptors (Lipinski definition) is 4. The van der Waals surface area contributed by atoms with Crippen molar-refractivity contribution < 1.29 is 29.4 Å². The Kier molecular flexibility index (Phi) is 3.91. The van der Waals surface area contributed by atoms with Gasteiger partial charge in [0.05, 0.1) is 11.8 Å². The van der Waals surface area contributed by atoms with Crippen LogP contribution in [0.1, 0.15) is 12.8 Å². The van der Waals surface area contributed by atoms with Gasteiger partial charge in [-0.2, -0.15) is 0 Å². The van der Waals surface area contributed by atoms with E-state index in [4.69, 9.17) is 10.2 Å². The fourth-order valence-corrected chi connectivity index (χ4v) is 2.55. The minimum atomic E-state index is -0.996. The SMILES string of the molecule is O=C(O)[C@H]1CC(=O)N(CCN2C[C@@H](C(=O)O)CC2=O)C1. The molecule has 0 aromatic heterocycles. The second-order valence-corrected chi connectivity index (χ2v) is 5.16. The van der Waals surface area contributed by atoms with Crippen LogP contribution in [0.4, 0.5) is 0 Å². The van der Waals surface area contributed by atoms with Crippen LogP contribution in [0.3, 0.4) is 0 Å². The van der Waals surface area contributed by atoms with Crippen molar-refractivity contribution in [2.45, 2.75) is 12.8 Å². The lowest BCUT2D eigenvalue weighted by Gasteiger charge is -2.21. The molecule has 110 valence electrons. The molecular formula is C12H16N2O6. The molecule has 0 aromatic carbocycles. The Morgan fingerprint density at radius 2 is 1.25 bits per heavy atom. The van der Waals surface area contributed by atoms with Crippen LogP contribution < -0.4 is 0 Å². The molecule has 0 radical (unpaired) electrons. The predicted molar refractivity (Wildman–Crippen MR) is 64.6 cm³/mol. The molecule has 8 nitrogen and oxygen atoms in total. The summed E-state index contributed by atoms with van der Waals surface area (Å²) in [6, 6.07) is 0. The van der Waals surface area contributed by atoms with Gasteiger partial charge in [0, 0.05) is 39.0 Å². The maximum atomic E-state index is 11.6. The van der Waals surface area contributed by atoms with Crippen LogP contribution in [0.15, 0.2) is 0 Å². The molecule has 2 amide bonds. The third-order valence-electron chi connectivity index (χ3n) is 3.77. The smallest absolute Gasteiger partial charge is 0.308 e. The van der Waals surface area contributed by atoms with Gasteiger partial charge < -0.3 is 20.0 Å². The van der Waals surface area contributed by atoms with Crippen molar-refractivity contribution >= 4 is 23.8 Å². The molecule has 0 unspecified atom stereocenters. The molecule has 0 saturated carbocycles. The quantitative estimate of drug-likeness (QED) is 0.659. The second kappa shape index (κ2) is 5.48. The van der Waals surface area contributed by atoms with Crippen LogP contribution in [0, 0.1) is 11.8 Å². The highest BCUT2D eigenvalue weighted by Crippen LogP contribution is 2.20. The average Bonchev–Trinajstić information content (AvgIpc) is 2.91. The molecule has 0 bridgehead atoms. The van der Waals surface area contributed by atoms with Gasteiger partial charge in [0.15, 0.2) is 0 Å². The van der Waals surface area contributed by atoms with Crippen molar-refractivity contribution in [2.75, 3.05) is 26.2 Å². The molecular weight excluding hydrogens is 268 g/mol. The molecule has 2 aliphatic heterocycles. The largest absolute Gasteiger partial charge is 0.481 e. The summed E-state index contributed by atoms with van der Waals surface area (Å²) in [5.74, 6) is -3.85. The van der Waals surface area contributed by atoms with Gasteiger partial charge in [0.2, 0.25) is 11.8 Å². The Balaban J connectivity index is 1.84. The first-order valence-electron chi connectivity index (χ1n) is 6.39. The highest BCUT2D eigenvalue weighted by Gasteiger charge is 2.37. The highest BCUT2D eigenvalue weighted by molar-refractivity contribution is 5.87. The summed E-state index contributed by atoms with van der Waals surface area (Å²) >= 11 is 0. The number of likely N-dealkylation sites (tertiary alicyclic amines) is 2. The normalized spacial score (nSPS) is 26.4. The molecule has 2 atom stereocenters. The maximum Gasteiger partial charge on any atom is 0.308 e. The van der Waals surface area contributed by atoms with E-state index in [0.29, 0.717) is 0 Å². The van der Waals surface area contributed by atoms with E-state index in [1.165, 1.54) is 9.80 Å². The van der Waals surface area contributed by atoms with Crippen LogP contribution in [-0.2, 0) is 19.2 Å². The lowest BCUT2D eigenvalue weighted by molar-refractivity contribution is -0.142. The van der Waals surface area contributed by atoms with E-state index in [9.17, 15) is 19.2 Å². The molecule has 8 heteroatoms. The Morgan fingerprint density at radius 3 is 1.50 bits per heavy atom. The summed E-state index contributed by atoms with van der Waals surface area (Å²) < 4.78 is 0. The highest BCUT2D eigenvalue weighted by atomic mass is 16.4. The van der Waals surface area contributed by atoms with Gasteiger partial charge in [-0.05, 0) is 0 Å². The number of carboxylic acids is 2. The molecule has 0 aromatic rings. The first-order valence-corrected chi connectivity index (χ1v) is 6.39. The number of carbonyl (C=O) groups excluding carboxylic acids is 2. The zero-order chi connectivity index (χ0) is 14.9. The fraction of sp³-hybridized carbons (Fsp3) is 0.667. The van der Waals surface area contributed by atoms with Crippen molar-refractivity contribution in [1.82, 2.24) is 9.80 Å². The van der Waals surface area contributed by atoms with Gasteiger partial charge in [-0.25, -0.2) is 0 Å². The monoisotopic (exact) mass is 284 g/mol. The molecule has 2 N–H and O–H groups in total. The van der Waals surface area contributed by atoms with Crippen molar-refractivity contribution in [2.24, 2.45) is 11.8 Å². The fourth-order valence-electron chi connectivity index (χ4n) is 2.55. The Morgan fingerprint density at radius 1 is 0.900 bits per heavy atom. The van der Waals surface area contributed by atoms with E-state index < -0.39 is 23.8 Å². The zero-order valence-electron chi connectivity index (χ0n) is 10.8. The van der Waals surface area contributed by atoms with Gasteiger partial charge in [0.25, 0.3) is 0 Å². The first-order chi connectivity index (χ1) is 9.38. The summed E-state index contributed by atoms with van der Waals surface area (Å²) in [6.07, 6.45) is -0.0257. The molecule has 2 rings (SSSR count). The van der Waals surface area contributed by atoms with Gasteiger partial charge in [0.1, 0.15) is 0 Å². The van der Waals surface area contributed by atoms with Crippen LogP contribution in [0.5, 0.6) is 0 Å². The zero-order valence-corrected chi connectivity index (χ0v) is 10.8. The third-order valence-corrected chi connectivity index (χ3v) is 3.77. The van der Waals surface area contributed by atoms with E-state index in [2.05, 4.69) is 0 Å². The lowest BCUT2D eigenvalue weighted by Crippen LogP contribution is -2.37. The second-order valence-electron chi connectivity index (χ2n) is 5.16. The summed E-state index contributed by atoms with van der Waals surface area (Å²) in [4.78, 5) is 47.7. The average molecular weight is 284 g/mol. The van der Waals surface area contributed by atoms with E-state index in [1.807, 2.05) is 0 Å². The van der Waals surface area contributed by atoms with E-state index in [-0.39, 0.29) is 50.8 Å². The van der Waals surface area contributed by atoms with Crippen LogP contribution in [0.25, 0.3) is 0 Å². The molecule has 2 saturated heterocycles. The van der Waals surface area contributed by atoms with Crippen LogP contribution in [-0.4, -0.2) is 69.9 Å². The topological polar surface area (TPSA) is 115 Å². The van der Waals surface area contributed by atoms with Crippen molar-refractivity contribution in [3.05, 3.63) is 0 Å². The summed E-state index contributed by atoms with van der Waals surface area (Å²) in [7, 11) is 0. The number of rotatable bonds is 5. The summed E-state index contributed by atoms with van der Waals surface area (Å²) in [5, 5.41) is 17.7. The minimum absolute atomic E-state index is 0.0129. The number of carbonyl (C=O) groups is 4. The molecule has 2 aliphatic rings. The minimum Gasteiger partial charge on any atom is -0.481 e. The number of carboxylic acid groups (broad SMARTS) is 2. The molecule has 2 heterocycles. The summed E-state index contributed by atoms with van der Waals surface area (Å²) in [5.41, 5.74) is 0. The van der Waals surface area contributed by atoms with Crippen LogP contribution >= 0.6 is 0 Å². The van der Waals surface area contributed by atoms with Gasteiger partial charge in [-0.1, -0.05) is 0 Å².